The molecule has 0 bridgehead atoms. The Labute approximate surface area is 70.7 Å². The van der Waals surface area contributed by atoms with Gasteiger partial charge in [0.15, 0.2) is 0 Å². The summed E-state index contributed by atoms with van der Waals surface area (Å²) >= 11 is 0. The Hall–Kier alpha value is -0.300. The number of hydrogen-bond donors (Lipinski definition) is 1. The molecule has 1 atom stereocenters. The summed E-state index contributed by atoms with van der Waals surface area (Å²) in [7, 11) is 0. The Bertz CT molecular complexity index is 116. The summed E-state index contributed by atoms with van der Waals surface area (Å²) < 4.78 is 0. The zero-order valence-corrected chi connectivity index (χ0v) is 8.06. The highest BCUT2D eigenvalue weighted by Crippen LogP contribution is 2.21. The van der Waals surface area contributed by atoms with E-state index in [0.717, 1.165) is 13.0 Å². The zero-order chi connectivity index (χ0) is 8.85. The molecule has 0 aliphatic carbocycles. The first-order valence-electron chi connectivity index (χ1n) is 4.48. The van der Waals surface area contributed by atoms with Crippen molar-refractivity contribution in [2.24, 2.45) is 17.6 Å². The Morgan fingerprint density at radius 1 is 1.36 bits per heavy atom. The molecule has 1 unspecified atom stereocenters. The van der Waals surface area contributed by atoms with E-state index in [1.54, 1.807) is 0 Å². The van der Waals surface area contributed by atoms with Gasteiger partial charge in [0.2, 0.25) is 0 Å². The molecule has 0 saturated heterocycles. The molecule has 0 aromatic heterocycles. The van der Waals surface area contributed by atoms with Crippen LogP contribution in [-0.2, 0) is 0 Å². The highest BCUT2D eigenvalue weighted by atomic mass is 14.5. The van der Waals surface area contributed by atoms with Crippen LogP contribution >= 0.6 is 0 Å². The van der Waals surface area contributed by atoms with Gasteiger partial charge in [0.25, 0.3) is 0 Å². The molecule has 0 radical (unpaired) electrons. The Balaban J connectivity index is 3.64. The van der Waals surface area contributed by atoms with Crippen LogP contribution < -0.4 is 5.73 Å². The van der Waals surface area contributed by atoms with E-state index in [2.05, 4.69) is 27.4 Å². The minimum absolute atomic E-state index is 0.614. The maximum Gasteiger partial charge on any atom is -0.00771 e. The van der Waals surface area contributed by atoms with Crippen LogP contribution in [0.2, 0.25) is 0 Å². The van der Waals surface area contributed by atoms with Gasteiger partial charge in [-0.15, -0.1) is 0 Å². The van der Waals surface area contributed by atoms with E-state index in [0.29, 0.717) is 11.8 Å². The van der Waals surface area contributed by atoms with Crippen LogP contribution in [0.4, 0.5) is 0 Å². The average molecular weight is 155 g/mol. The van der Waals surface area contributed by atoms with Crippen molar-refractivity contribution in [1.82, 2.24) is 0 Å². The van der Waals surface area contributed by atoms with Crippen molar-refractivity contribution in [3.63, 3.8) is 0 Å². The fraction of sp³-hybridized carbons (Fsp3) is 0.800. The molecule has 0 amide bonds. The van der Waals surface area contributed by atoms with Crippen molar-refractivity contribution in [2.75, 3.05) is 6.54 Å². The summed E-state index contributed by atoms with van der Waals surface area (Å²) in [5, 5.41) is 0. The molecule has 0 heterocycles. The molecular formula is C10H21N. The Kier molecular flexibility index (Phi) is 5.22. The third kappa shape index (κ3) is 4.20. The van der Waals surface area contributed by atoms with Gasteiger partial charge < -0.3 is 5.73 Å². The Morgan fingerprint density at radius 3 is 2.27 bits per heavy atom. The third-order valence-corrected chi connectivity index (χ3v) is 2.22. The molecule has 0 aliphatic rings. The van der Waals surface area contributed by atoms with Gasteiger partial charge in [0.05, 0.1) is 0 Å². The molecule has 0 rings (SSSR count). The van der Waals surface area contributed by atoms with Crippen molar-refractivity contribution >= 4 is 0 Å². The number of nitrogens with two attached hydrogens (primary N) is 1. The molecule has 0 spiro atoms. The lowest BCUT2D eigenvalue weighted by atomic mass is 9.89. The topological polar surface area (TPSA) is 26.0 Å². The molecule has 1 heteroatoms. The van der Waals surface area contributed by atoms with Gasteiger partial charge in [-0.1, -0.05) is 32.9 Å². The predicted molar refractivity (Wildman–Crippen MR) is 51.4 cm³/mol. The maximum atomic E-state index is 5.42. The van der Waals surface area contributed by atoms with Crippen LogP contribution in [0.1, 0.15) is 33.6 Å². The first-order valence-corrected chi connectivity index (χ1v) is 4.48. The third-order valence-electron chi connectivity index (χ3n) is 2.22. The van der Waals surface area contributed by atoms with Crippen molar-refractivity contribution < 1.29 is 0 Å². The predicted octanol–water partition coefficient (Wildman–Crippen LogP) is 2.57. The minimum atomic E-state index is 0.614. The van der Waals surface area contributed by atoms with Crippen LogP contribution in [0.25, 0.3) is 0 Å². The largest absolute Gasteiger partial charge is 0.330 e. The monoisotopic (exact) mass is 155 g/mol. The second-order valence-electron chi connectivity index (χ2n) is 3.56. The lowest BCUT2D eigenvalue weighted by Crippen LogP contribution is -2.07. The van der Waals surface area contributed by atoms with E-state index < -0.39 is 0 Å². The van der Waals surface area contributed by atoms with Crippen molar-refractivity contribution in [1.29, 1.82) is 0 Å². The van der Waals surface area contributed by atoms with E-state index in [1.165, 1.54) is 12.0 Å². The molecule has 0 aliphatic heterocycles. The van der Waals surface area contributed by atoms with E-state index in [-0.39, 0.29) is 0 Å². The summed E-state index contributed by atoms with van der Waals surface area (Å²) in [4.78, 5) is 0. The van der Waals surface area contributed by atoms with Gasteiger partial charge in [-0.05, 0) is 31.2 Å². The molecule has 0 aromatic rings. The van der Waals surface area contributed by atoms with Crippen LogP contribution in [0.15, 0.2) is 12.2 Å². The SMILES string of the molecule is C=C(C(C)C)C(C)CCCN. The van der Waals surface area contributed by atoms with Gasteiger partial charge in [0.1, 0.15) is 0 Å². The molecule has 0 fully saturated rings. The molecule has 0 saturated carbocycles. The number of allylic oxidation sites excluding steroid dienone is 1. The van der Waals surface area contributed by atoms with Crippen molar-refractivity contribution in [2.45, 2.75) is 33.6 Å². The van der Waals surface area contributed by atoms with Crippen molar-refractivity contribution in [3.05, 3.63) is 12.2 Å². The number of rotatable bonds is 5. The van der Waals surface area contributed by atoms with Crippen LogP contribution in [0, 0.1) is 11.8 Å². The molecule has 1 nitrogen and oxygen atoms in total. The Morgan fingerprint density at radius 2 is 1.91 bits per heavy atom. The summed E-state index contributed by atoms with van der Waals surface area (Å²) in [6, 6.07) is 0. The van der Waals surface area contributed by atoms with Gasteiger partial charge in [-0.3, -0.25) is 0 Å². The van der Waals surface area contributed by atoms with E-state index in [9.17, 15) is 0 Å². The van der Waals surface area contributed by atoms with E-state index in [4.69, 9.17) is 5.73 Å². The smallest absolute Gasteiger partial charge is 0.00771 e. The van der Waals surface area contributed by atoms with E-state index >= 15 is 0 Å². The average Bonchev–Trinajstić information content (AvgIpc) is 1.98. The second-order valence-corrected chi connectivity index (χ2v) is 3.56. The molecular weight excluding hydrogens is 134 g/mol. The van der Waals surface area contributed by atoms with Gasteiger partial charge in [0, 0.05) is 0 Å². The molecule has 66 valence electrons. The first kappa shape index (κ1) is 10.7. The molecule has 0 aromatic carbocycles. The van der Waals surface area contributed by atoms with Crippen LogP contribution in [-0.4, -0.2) is 6.54 Å². The van der Waals surface area contributed by atoms with Gasteiger partial charge in [-0.2, -0.15) is 0 Å². The molecule has 11 heavy (non-hydrogen) atoms. The summed E-state index contributed by atoms with van der Waals surface area (Å²) in [5.74, 6) is 1.25. The summed E-state index contributed by atoms with van der Waals surface area (Å²) in [6.07, 6.45) is 2.31. The lowest BCUT2D eigenvalue weighted by Gasteiger charge is -2.17. The number of hydrogen-bond acceptors (Lipinski definition) is 1. The fourth-order valence-electron chi connectivity index (χ4n) is 1.18. The van der Waals surface area contributed by atoms with Crippen LogP contribution in [0.5, 0.6) is 0 Å². The summed E-state index contributed by atoms with van der Waals surface area (Å²) in [5.41, 5.74) is 6.78. The van der Waals surface area contributed by atoms with Crippen LogP contribution in [0.3, 0.4) is 0 Å². The van der Waals surface area contributed by atoms with Gasteiger partial charge >= 0.3 is 0 Å². The van der Waals surface area contributed by atoms with E-state index in [1.807, 2.05) is 0 Å². The normalized spacial score (nSPS) is 13.5. The van der Waals surface area contributed by atoms with Crippen molar-refractivity contribution in [3.8, 4) is 0 Å². The highest BCUT2D eigenvalue weighted by Gasteiger charge is 2.08. The summed E-state index contributed by atoms with van der Waals surface area (Å²) in [6.45, 7) is 11.5. The zero-order valence-electron chi connectivity index (χ0n) is 8.06. The minimum Gasteiger partial charge on any atom is -0.330 e. The molecule has 2 N–H and O–H groups in total. The standard InChI is InChI=1S/C10H21N/c1-8(2)10(4)9(3)6-5-7-11/h8-9H,4-7,11H2,1-3H3. The fourth-order valence-corrected chi connectivity index (χ4v) is 1.18. The maximum absolute atomic E-state index is 5.42. The van der Waals surface area contributed by atoms with Gasteiger partial charge in [-0.25, -0.2) is 0 Å². The highest BCUT2D eigenvalue weighted by molar-refractivity contribution is 5.01. The second kappa shape index (κ2) is 5.36. The quantitative estimate of drug-likeness (QED) is 0.607. The lowest BCUT2D eigenvalue weighted by molar-refractivity contribution is 0.531. The first-order chi connectivity index (χ1) is 5.09.